The summed E-state index contributed by atoms with van der Waals surface area (Å²) in [6, 6.07) is 5.50. The van der Waals surface area contributed by atoms with Crippen molar-refractivity contribution in [3.05, 3.63) is 44.9 Å². The maximum atomic E-state index is 10.6. The first kappa shape index (κ1) is 14.7. The van der Waals surface area contributed by atoms with Gasteiger partial charge in [-0.1, -0.05) is 47.1 Å². The molecule has 0 radical (unpaired) electrons. The average molecular weight is 334 g/mol. The van der Waals surface area contributed by atoms with Crippen molar-refractivity contribution in [2.24, 2.45) is 0 Å². The molecule has 0 amide bonds. The van der Waals surface area contributed by atoms with Crippen LogP contribution in [0.2, 0.25) is 10.0 Å². The molecule has 0 aliphatic rings. The molecule has 0 aliphatic carbocycles. The summed E-state index contributed by atoms with van der Waals surface area (Å²) in [7, 11) is 0. The molecule has 3 nitrogen and oxygen atoms in total. The lowest BCUT2D eigenvalue weighted by atomic mass is 10.2. The van der Waals surface area contributed by atoms with Gasteiger partial charge in [-0.05, 0) is 11.6 Å². The second kappa shape index (κ2) is 6.61. The lowest BCUT2D eigenvalue weighted by molar-refractivity contribution is -0.136. The number of aliphatic carboxylic acids is 1. The second-order valence-corrected chi connectivity index (χ2v) is 6.54. The largest absolute Gasteiger partial charge is 0.481 e. The van der Waals surface area contributed by atoms with Gasteiger partial charge in [0.15, 0.2) is 0 Å². The highest BCUT2D eigenvalue weighted by Gasteiger charge is 2.09. The third-order valence-electron chi connectivity index (χ3n) is 2.25. The summed E-state index contributed by atoms with van der Waals surface area (Å²) in [5.74, 6) is -0.223. The molecule has 0 saturated heterocycles. The van der Waals surface area contributed by atoms with Crippen LogP contribution in [0.3, 0.4) is 0 Å². The van der Waals surface area contributed by atoms with Gasteiger partial charge in [-0.3, -0.25) is 4.79 Å². The van der Waals surface area contributed by atoms with E-state index in [2.05, 4.69) is 4.98 Å². The molecule has 19 heavy (non-hydrogen) atoms. The molecule has 0 atom stereocenters. The van der Waals surface area contributed by atoms with Crippen LogP contribution < -0.4 is 0 Å². The number of thioether (sulfide) groups is 1. The summed E-state index contributed by atoms with van der Waals surface area (Å²) in [4.78, 5) is 14.8. The van der Waals surface area contributed by atoms with Gasteiger partial charge in [0.2, 0.25) is 0 Å². The summed E-state index contributed by atoms with van der Waals surface area (Å²) in [5.41, 5.74) is 1.52. The van der Waals surface area contributed by atoms with Gasteiger partial charge in [0, 0.05) is 11.1 Å². The highest BCUT2D eigenvalue weighted by atomic mass is 35.5. The quantitative estimate of drug-likeness (QED) is 0.825. The Kier molecular flexibility index (Phi) is 5.10. The van der Waals surface area contributed by atoms with E-state index in [1.165, 1.54) is 23.1 Å². The van der Waals surface area contributed by atoms with Crippen LogP contribution in [-0.4, -0.2) is 16.1 Å². The van der Waals surface area contributed by atoms with E-state index in [0.29, 0.717) is 21.5 Å². The third kappa shape index (κ3) is 4.11. The van der Waals surface area contributed by atoms with E-state index in [1.54, 1.807) is 11.4 Å². The molecule has 0 fully saturated rings. The molecule has 100 valence electrons. The van der Waals surface area contributed by atoms with Crippen LogP contribution >= 0.6 is 46.3 Å². The predicted molar refractivity (Wildman–Crippen MR) is 79.5 cm³/mol. The van der Waals surface area contributed by atoms with E-state index in [4.69, 9.17) is 28.3 Å². The molecule has 0 bridgehead atoms. The van der Waals surface area contributed by atoms with Crippen LogP contribution in [0.15, 0.2) is 27.9 Å². The number of aromatic nitrogens is 1. The van der Waals surface area contributed by atoms with Crippen LogP contribution in [0, 0.1) is 0 Å². The Morgan fingerprint density at radius 2 is 2.21 bits per heavy atom. The van der Waals surface area contributed by atoms with E-state index in [0.717, 1.165) is 9.90 Å². The Balaban J connectivity index is 2.00. The van der Waals surface area contributed by atoms with Crippen molar-refractivity contribution in [3.8, 4) is 0 Å². The summed E-state index contributed by atoms with van der Waals surface area (Å²) in [5, 5.41) is 11.5. The van der Waals surface area contributed by atoms with Crippen LogP contribution in [0.5, 0.6) is 0 Å². The maximum absolute atomic E-state index is 10.6. The fourth-order valence-electron chi connectivity index (χ4n) is 1.39. The van der Waals surface area contributed by atoms with E-state index in [-0.39, 0.29) is 6.42 Å². The molecule has 0 spiro atoms. The number of thiazole rings is 1. The Hall–Kier alpha value is -0.750. The highest BCUT2D eigenvalue weighted by Crippen LogP contribution is 2.32. The zero-order chi connectivity index (χ0) is 13.8. The molecule has 1 aromatic heterocycles. The number of nitrogens with zero attached hydrogens (tertiary/aromatic N) is 1. The fourth-order valence-corrected chi connectivity index (χ4v) is 3.69. The predicted octanol–water partition coefficient (Wildman–Crippen LogP) is 4.37. The van der Waals surface area contributed by atoms with Crippen molar-refractivity contribution in [3.63, 3.8) is 0 Å². The smallest absolute Gasteiger partial charge is 0.309 e. The molecule has 1 heterocycles. The van der Waals surface area contributed by atoms with Gasteiger partial charge in [-0.2, -0.15) is 0 Å². The fraction of sp³-hybridized carbons (Fsp3) is 0.167. The van der Waals surface area contributed by atoms with Gasteiger partial charge in [-0.25, -0.2) is 4.98 Å². The number of hydrogen-bond donors (Lipinski definition) is 1. The number of carboxylic acids is 1. The Bertz CT molecular complexity index is 601. The van der Waals surface area contributed by atoms with Gasteiger partial charge in [-0.15, -0.1) is 11.3 Å². The van der Waals surface area contributed by atoms with Gasteiger partial charge < -0.3 is 5.11 Å². The summed E-state index contributed by atoms with van der Waals surface area (Å²) in [6.45, 7) is 0. The Morgan fingerprint density at radius 3 is 2.95 bits per heavy atom. The molecule has 1 N–H and O–H groups in total. The van der Waals surface area contributed by atoms with Gasteiger partial charge in [0.1, 0.15) is 4.34 Å². The molecule has 0 saturated carbocycles. The molecule has 0 unspecified atom stereocenters. The minimum atomic E-state index is -0.875. The zero-order valence-corrected chi connectivity index (χ0v) is 12.7. The standard InChI is InChI=1S/C12H9Cl2NO2S2/c13-9-3-1-2-7(11(9)14)5-18-12-15-8(6-19-12)4-10(16)17/h1-3,6H,4-5H2,(H,16,17). The molecule has 0 aliphatic heterocycles. The van der Waals surface area contributed by atoms with Crippen LogP contribution in [0.25, 0.3) is 0 Å². The number of rotatable bonds is 5. The lowest BCUT2D eigenvalue weighted by Crippen LogP contribution is -1.99. The first-order valence-corrected chi connectivity index (χ1v) is 7.90. The zero-order valence-electron chi connectivity index (χ0n) is 9.60. The van der Waals surface area contributed by atoms with E-state index in [9.17, 15) is 4.79 Å². The summed E-state index contributed by atoms with van der Waals surface area (Å²) < 4.78 is 0.826. The molecule has 2 aromatic rings. The normalized spacial score (nSPS) is 10.6. The monoisotopic (exact) mass is 333 g/mol. The summed E-state index contributed by atoms with van der Waals surface area (Å²) >= 11 is 15.0. The summed E-state index contributed by atoms with van der Waals surface area (Å²) in [6.07, 6.45) is -0.0466. The van der Waals surface area contributed by atoms with Crippen molar-refractivity contribution < 1.29 is 9.90 Å². The van der Waals surface area contributed by atoms with E-state index < -0.39 is 5.97 Å². The third-order valence-corrected chi connectivity index (χ3v) is 5.22. The number of carboxylic acid groups (broad SMARTS) is 1. The van der Waals surface area contributed by atoms with E-state index >= 15 is 0 Å². The maximum Gasteiger partial charge on any atom is 0.309 e. The molecule has 2 rings (SSSR count). The van der Waals surface area contributed by atoms with Gasteiger partial charge >= 0.3 is 5.97 Å². The van der Waals surface area contributed by atoms with Crippen LogP contribution in [0.1, 0.15) is 11.3 Å². The minimum absolute atomic E-state index is 0.0466. The highest BCUT2D eigenvalue weighted by molar-refractivity contribution is 8.00. The van der Waals surface area contributed by atoms with Crippen molar-refractivity contribution in [1.82, 2.24) is 4.98 Å². The van der Waals surface area contributed by atoms with Crippen LogP contribution in [-0.2, 0) is 17.0 Å². The van der Waals surface area contributed by atoms with E-state index in [1.807, 2.05) is 12.1 Å². The first-order valence-electron chi connectivity index (χ1n) is 5.28. The van der Waals surface area contributed by atoms with Crippen molar-refractivity contribution >= 4 is 52.3 Å². The minimum Gasteiger partial charge on any atom is -0.481 e. The molecule has 1 aromatic carbocycles. The Morgan fingerprint density at radius 1 is 1.42 bits per heavy atom. The second-order valence-electron chi connectivity index (χ2n) is 3.68. The average Bonchev–Trinajstić information content (AvgIpc) is 2.78. The first-order chi connectivity index (χ1) is 9.06. The Labute approximate surface area is 128 Å². The van der Waals surface area contributed by atoms with Crippen molar-refractivity contribution in [2.75, 3.05) is 0 Å². The number of halogens is 2. The SMILES string of the molecule is O=C(O)Cc1csc(SCc2cccc(Cl)c2Cl)n1. The number of benzene rings is 1. The molecular weight excluding hydrogens is 325 g/mol. The van der Waals surface area contributed by atoms with Crippen LogP contribution in [0.4, 0.5) is 0 Å². The van der Waals surface area contributed by atoms with Crippen molar-refractivity contribution in [1.29, 1.82) is 0 Å². The molecular formula is C12H9Cl2NO2S2. The topological polar surface area (TPSA) is 50.2 Å². The van der Waals surface area contributed by atoms with Gasteiger partial charge in [0.05, 0.1) is 22.2 Å². The lowest BCUT2D eigenvalue weighted by Gasteiger charge is -2.03. The molecule has 7 heteroatoms. The van der Waals surface area contributed by atoms with Crippen molar-refractivity contribution in [2.45, 2.75) is 16.5 Å². The number of carbonyl (C=O) groups is 1. The van der Waals surface area contributed by atoms with Gasteiger partial charge in [0.25, 0.3) is 0 Å². The number of hydrogen-bond acceptors (Lipinski definition) is 4.